The fourth-order valence-electron chi connectivity index (χ4n) is 11.3. The number of aromatic hydroxyl groups is 2. The Balaban J connectivity index is 0.960. The van der Waals surface area contributed by atoms with Crippen LogP contribution in [-0.4, -0.2) is 65.4 Å². The predicted octanol–water partition coefficient (Wildman–Crippen LogP) is 12.9. The van der Waals surface area contributed by atoms with E-state index in [0.29, 0.717) is 40.5 Å². The molecule has 7 aromatic rings. The minimum absolute atomic E-state index is 0.00133. The summed E-state index contributed by atoms with van der Waals surface area (Å²) in [6.07, 6.45) is 13.3. The van der Waals surface area contributed by atoms with E-state index in [9.17, 15) is 24.2 Å². The number of phenolic OH excluding ortho intramolecular Hbond substituents is 2. The molecule has 71 heavy (non-hydrogen) atoms. The van der Waals surface area contributed by atoms with Gasteiger partial charge < -0.3 is 25.7 Å². The normalized spacial score (nSPS) is 15.9. The second kappa shape index (κ2) is 20.9. The van der Waals surface area contributed by atoms with Crippen molar-refractivity contribution in [1.29, 1.82) is 0 Å². The number of nitrogens with zero attached hydrogens (tertiary/aromatic N) is 4. The minimum atomic E-state index is -0.807. The molecule has 2 saturated carbocycles. The zero-order valence-corrected chi connectivity index (χ0v) is 41.8. The van der Waals surface area contributed by atoms with Crippen molar-refractivity contribution in [1.82, 2.24) is 15.2 Å². The summed E-state index contributed by atoms with van der Waals surface area (Å²) >= 11 is 12.7. The summed E-state index contributed by atoms with van der Waals surface area (Å²) in [5.41, 5.74) is 9.66. The van der Waals surface area contributed by atoms with Gasteiger partial charge in [0.25, 0.3) is 0 Å². The molecule has 0 amide bonds. The monoisotopic (exact) mass is 993 g/mol. The number of halogens is 3. The number of piperidine rings is 1. The maximum absolute atomic E-state index is 15.0. The fourth-order valence-corrected chi connectivity index (χ4v) is 11.7. The average molecular weight is 995 g/mol. The van der Waals surface area contributed by atoms with Crippen molar-refractivity contribution < 1.29 is 28.8 Å². The molecule has 3 heterocycles. The molecular formula is C58H60Cl2FN6O4+. The molecule has 10 rings (SSSR count). The van der Waals surface area contributed by atoms with Crippen LogP contribution < -0.4 is 20.1 Å². The number of pyridine rings is 2. The first-order valence-corrected chi connectivity index (χ1v) is 25.8. The van der Waals surface area contributed by atoms with Crippen molar-refractivity contribution in [3.63, 3.8) is 0 Å². The predicted molar refractivity (Wildman–Crippen MR) is 283 cm³/mol. The largest absolute Gasteiger partial charge is 0.506 e. The van der Waals surface area contributed by atoms with Gasteiger partial charge in [-0.25, -0.2) is 4.39 Å². The first-order valence-electron chi connectivity index (χ1n) is 25.0. The molecular weight excluding hydrogens is 935 g/mol. The van der Waals surface area contributed by atoms with Gasteiger partial charge >= 0.3 is 0 Å². The van der Waals surface area contributed by atoms with Crippen LogP contribution in [0, 0.1) is 23.6 Å². The van der Waals surface area contributed by atoms with E-state index < -0.39 is 11.6 Å². The van der Waals surface area contributed by atoms with Crippen molar-refractivity contribution >= 4 is 73.6 Å². The van der Waals surface area contributed by atoms with E-state index in [1.807, 2.05) is 61.8 Å². The van der Waals surface area contributed by atoms with Crippen LogP contribution in [-0.2, 0) is 13.2 Å². The highest BCUT2D eigenvalue weighted by Gasteiger charge is 2.33. The second-order valence-corrected chi connectivity index (χ2v) is 20.8. The van der Waals surface area contributed by atoms with Crippen LogP contribution in [0.3, 0.4) is 0 Å². The van der Waals surface area contributed by atoms with E-state index in [-0.39, 0.29) is 39.2 Å². The lowest BCUT2D eigenvalue weighted by Gasteiger charge is -2.36. The number of fused-ring (bicyclic) bond motifs is 2. The smallest absolute Gasteiger partial charge is 0.215 e. The van der Waals surface area contributed by atoms with Crippen LogP contribution >= 0.6 is 23.2 Å². The second-order valence-electron chi connectivity index (χ2n) is 20.0. The number of rotatable bonds is 15. The molecule has 0 spiro atoms. The van der Waals surface area contributed by atoms with Crippen LogP contribution in [0.2, 0.25) is 10.0 Å². The van der Waals surface area contributed by atoms with Gasteiger partial charge in [-0.3, -0.25) is 19.5 Å². The van der Waals surface area contributed by atoms with Crippen LogP contribution in [0.25, 0.3) is 44.1 Å². The van der Waals surface area contributed by atoms with Crippen LogP contribution in [0.15, 0.2) is 103 Å². The van der Waals surface area contributed by atoms with Gasteiger partial charge in [0.1, 0.15) is 11.3 Å². The highest BCUT2D eigenvalue weighted by atomic mass is 35.5. The lowest BCUT2D eigenvalue weighted by molar-refractivity contribution is -0.690. The van der Waals surface area contributed by atoms with Crippen molar-refractivity contribution in [3.05, 3.63) is 136 Å². The van der Waals surface area contributed by atoms with E-state index in [2.05, 4.69) is 50.2 Å². The maximum atomic E-state index is 15.0. The Morgan fingerprint density at radius 2 is 1.38 bits per heavy atom. The van der Waals surface area contributed by atoms with Crippen LogP contribution in [0.4, 0.5) is 21.5 Å². The summed E-state index contributed by atoms with van der Waals surface area (Å²) in [5, 5.41) is 29.1. The first kappa shape index (κ1) is 48.5. The number of aromatic nitrogens is 2. The molecule has 0 unspecified atom stereocenters. The standard InChI is InChI=1S/C58H59Cl2FN6O4/c1-62-30-35-11-16-43(17-12-35)64-54-45-26-40(42-28-49(60)58(71)50(61)29-42)14-19-52(45)67(33-47(54)57(70)38-9-5-6-10-38)34-65(2)32-36-21-23-66(24-22-36)55-44-25-39(41-15-20-53(68)48(59)27-41)13-18-51(44)63-31-46(55)56(69)37-7-3-4-8-37/h11-20,25-29,31,33,36-38,62,68,71H,3-10,21-24,30,32,34H2,1-2H3/p+1. The van der Waals surface area contributed by atoms with Crippen LogP contribution in [0.1, 0.15) is 90.5 Å². The Morgan fingerprint density at radius 1 is 0.761 bits per heavy atom. The summed E-state index contributed by atoms with van der Waals surface area (Å²) in [5.74, 6) is -0.794. The van der Waals surface area contributed by atoms with Gasteiger partial charge in [-0.15, -0.1) is 0 Å². The molecule has 366 valence electrons. The van der Waals surface area contributed by atoms with E-state index in [1.54, 1.807) is 24.4 Å². The topological polar surface area (TPSA) is 122 Å². The third kappa shape index (κ3) is 10.2. The van der Waals surface area contributed by atoms with Crippen molar-refractivity contribution in [2.75, 3.05) is 43.9 Å². The highest BCUT2D eigenvalue weighted by molar-refractivity contribution is 6.32. The average Bonchev–Trinajstić information content (AvgIpc) is 4.14. The van der Waals surface area contributed by atoms with Gasteiger partial charge in [0.2, 0.25) is 12.2 Å². The van der Waals surface area contributed by atoms with E-state index in [4.69, 9.17) is 28.2 Å². The molecule has 2 aromatic heterocycles. The molecule has 0 atom stereocenters. The number of hydrogen-bond acceptors (Lipinski definition) is 9. The van der Waals surface area contributed by atoms with Gasteiger partial charge in [-0.2, -0.15) is 4.57 Å². The van der Waals surface area contributed by atoms with Crippen LogP contribution in [0.5, 0.6) is 11.5 Å². The molecule has 3 fully saturated rings. The number of benzene rings is 5. The first-order chi connectivity index (χ1) is 34.4. The highest BCUT2D eigenvalue weighted by Crippen LogP contribution is 2.41. The summed E-state index contributed by atoms with van der Waals surface area (Å²) in [7, 11) is 4.05. The Kier molecular flexibility index (Phi) is 14.3. The maximum Gasteiger partial charge on any atom is 0.215 e. The summed E-state index contributed by atoms with van der Waals surface area (Å²) < 4.78 is 17.1. The number of carbonyl (C=O) groups excluding carboxylic acids is 2. The van der Waals surface area contributed by atoms with Gasteiger partial charge in [0.15, 0.2) is 29.3 Å². The Hall–Kier alpha value is -6.11. The third-order valence-electron chi connectivity index (χ3n) is 15.1. The molecule has 2 aliphatic carbocycles. The summed E-state index contributed by atoms with van der Waals surface area (Å²) in [6.45, 7) is 3.60. The van der Waals surface area contributed by atoms with E-state index >= 15 is 0 Å². The van der Waals surface area contributed by atoms with E-state index in [1.165, 1.54) is 6.07 Å². The molecule has 10 nitrogen and oxygen atoms in total. The van der Waals surface area contributed by atoms with Crippen molar-refractivity contribution in [2.45, 2.75) is 77.4 Å². The molecule has 5 aromatic carbocycles. The number of ketones is 2. The zero-order chi connectivity index (χ0) is 49.3. The minimum Gasteiger partial charge on any atom is -0.506 e. The van der Waals surface area contributed by atoms with Gasteiger partial charge in [-0.1, -0.05) is 73.2 Å². The van der Waals surface area contributed by atoms with Gasteiger partial charge in [-0.05, 0) is 147 Å². The number of anilines is 3. The Bertz CT molecular complexity index is 3120. The van der Waals surface area contributed by atoms with Gasteiger partial charge in [0, 0.05) is 61.4 Å². The lowest BCUT2D eigenvalue weighted by atomic mass is 9.91. The van der Waals surface area contributed by atoms with E-state index in [0.717, 1.165) is 140 Å². The molecule has 3 aliphatic rings. The SMILES string of the molecule is CNCc1ccc(Nc2c(C(=O)C3CCCC3)c[n+](CN(C)CC3CCN(c4c(C(=O)C5CCCC5)cnc5ccc(-c6ccc(O)c(Cl)c6)cc45)CC3)c3ccc(-c4cc(F)c(O)c(Cl)c4)cc23)cc1. The number of nitrogens with one attached hydrogen (secondary N) is 2. The fraction of sp³-hybridized carbons (Fsp3) is 0.345. The number of phenols is 2. The zero-order valence-electron chi connectivity index (χ0n) is 40.3. The van der Waals surface area contributed by atoms with Crippen molar-refractivity contribution in [3.8, 4) is 33.8 Å². The summed E-state index contributed by atoms with van der Waals surface area (Å²) in [6, 6.07) is 28.3. The third-order valence-corrected chi connectivity index (χ3v) is 15.7. The summed E-state index contributed by atoms with van der Waals surface area (Å²) in [4.78, 5) is 38.6. The molecule has 0 bridgehead atoms. The quantitative estimate of drug-likeness (QED) is 0.0588. The molecule has 4 N–H and O–H groups in total. The van der Waals surface area contributed by atoms with Crippen molar-refractivity contribution in [2.24, 2.45) is 17.8 Å². The number of carbonyl (C=O) groups is 2. The molecule has 1 aliphatic heterocycles. The molecule has 0 radical (unpaired) electrons. The van der Waals surface area contributed by atoms with Gasteiger partial charge in [0.05, 0.1) is 37.9 Å². The molecule has 13 heteroatoms. The Morgan fingerprint density at radius 3 is 2.06 bits per heavy atom. The number of hydrogen-bond donors (Lipinski definition) is 4. The Labute approximate surface area is 424 Å². The number of Topliss-reactive ketones (excluding diaryl/α,β-unsaturated/α-hetero) is 2. The lowest BCUT2D eigenvalue weighted by Crippen LogP contribution is -2.46. The molecule has 1 saturated heterocycles.